The second-order valence-corrected chi connectivity index (χ2v) is 13.3. The number of carboxylic acids is 1. The van der Waals surface area contributed by atoms with Crippen molar-refractivity contribution in [2.75, 3.05) is 13.1 Å². The zero-order valence-corrected chi connectivity index (χ0v) is 33.6. The summed E-state index contributed by atoms with van der Waals surface area (Å²) in [6.07, 6.45) is 3.82. The van der Waals surface area contributed by atoms with Gasteiger partial charge in [0, 0.05) is 49.0 Å². The summed E-state index contributed by atoms with van der Waals surface area (Å²) in [5, 5.41) is 7.12. The van der Waals surface area contributed by atoms with Crippen molar-refractivity contribution in [1.29, 1.82) is 0 Å². The van der Waals surface area contributed by atoms with E-state index in [4.69, 9.17) is 42.3 Å². The summed E-state index contributed by atoms with van der Waals surface area (Å²) in [6.45, 7) is 6.11. The van der Waals surface area contributed by atoms with Crippen molar-refractivity contribution in [3.63, 3.8) is 0 Å². The molecule has 0 atom stereocenters. The first kappa shape index (κ1) is 46.1. The zero-order valence-electron chi connectivity index (χ0n) is 33.6. The van der Waals surface area contributed by atoms with Crippen molar-refractivity contribution < 1.29 is 32.5 Å². The number of carbonyl (C=O) groups is 1. The van der Waals surface area contributed by atoms with Crippen LogP contribution in [0.4, 0.5) is 13.2 Å². The molecule has 0 aliphatic carbocycles. The molecular weight excluding hydrogens is 790 g/mol. The first-order valence-electron chi connectivity index (χ1n) is 18.7. The van der Waals surface area contributed by atoms with Crippen LogP contribution in [-0.4, -0.2) is 62.2 Å². The monoisotopic (exact) mass is 836 g/mol. The number of nitrogens with zero attached hydrogens (tertiary/aromatic N) is 6. The number of pyridine rings is 4. The van der Waals surface area contributed by atoms with E-state index in [-0.39, 0.29) is 11.9 Å². The van der Waals surface area contributed by atoms with Gasteiger partial charge in [-0.3, -0.25) is 29.9 Å². The summed E-state index contributed by atoms with van der Waals surface area (Å²) in [7, 11) is 0. The first-order valence-corrected chi connectivity index (χ1v) is 18.7. The summed E-state index contributed by atoms with van der Waals surface area (Å²) in [5.41, 5.74) is 31.3. The fourth-order valence-electron chi connectivity index (χ4n) is 5.03. The molecule has 0 fully saturated rings. The molecule has 0 bridgehead atoms. The molecular formula is C44H47F3N10O4. The van der Waals surface area contributed by atoms with Crippen LogP contribution in [0.1, 0.15) is 33.4 Å². The Kier molecular flexibility index (Phi) is 17.5. The highest BCUT2D eigenvalue weighted by atomic mass is 19.4. The molecule has 17 heteroatoms. The minimum Gasteiger partial charge on any atom is -0.489 e. The van der Waals surface area contributed by atoms with Gasteiger partial charge >= 0.3 is 12.1 Å². The smallest absolute Gasteiger partial charge is 0.489 e. The van der Waals surface area contributed by atoms with E-state index < -0.39 is 12.1 Å². The van der Waals surface area contributed by atoms with Gasteiger partial charge in [0.1, 0.15) is 24.7 Å². The van der Waals surface area contributed by atoms with Gasteiger partial charge in [0.25, 0.3) is 0 Å². The number of benzene rings is 2. The van der Waals surface area contributed by atoms with Crippen LogP contribution in [0, 0.1) is 13.8 Å². The summed E-state index contributed by atoms with van der Waals surface area (Å²) in [6, 6.07) is 31.8. The Labute approximate surface area is 351 Å². The lowest BCUT2D eigenvalue weighted by Gasteiger charge is -2.08. The highest BCUT2D eigenvalue weighted by Crippen LogP contribution is 2.19. The Morgan fingerprint density at radius 3 is 1.11 bits per heavy atom. The molecule has 0 aliphatic heterocycles. The highest BCUT2D eigenvalue weighted by Gasteiger charge is 2.38. The van der Waals surface area contributed by atoms with Crippen LogP contribution >= 0.6 is 0 Å². The molecule has 318 valence electrons. The number of aromatic nitrogens is 4. The van der Waals surface area contributed by atoms with Gasteiger partial charge in [0.2, 0.25) is 0 Å². The summed E-state index contributed by atoms with van der Waals surface area (Å²) < 4.78 is 43.4. The van der Waals surface area contributed by atoms with Crippen LogP contribution in [0.2, 0.25) is 0 Å². The lowest BCUT2D eigenvalue weighted by atomic mass is 10.1. The number of ether oxygens (including phenoxy) is 2. The van der Waals surface area contributed by atoms with E-state index in [1.807, 2.05) is 136 Å². The molecule has 0 aliphatic rings. The summed E-state index contributed by atoms with van der Waals surface area (Å²) in [4.78, 5) is 34.6. The van der Waals surface area contributed by atoms with Gasteiger partial charge in [-0.15, -0.1) is 0 Å². The Hall–Kier alpha value is -7.56. The zero-order chi connectivity index (χ0) is 44.2. The minimum atomic E-state index is -5.08. The van der Waals surface area contributed by atoms with E-state index in [0.717, 1.165) is 80.5 Å². The second-order valence-electron chi connectivity index (χ2n) is 13.3. The van der Waals surface area contributed by atoms with Crippen molar-refractivity contribution in [2.45, 2.75) is 46.1 Å². The normalized spacial score (nSPS) is 10.5. The molecule has 0 radical (unpaired) electrons. The Morgan fingerprint density at radius 2 is 0.852 bits per heavy atom. The highest BCUT2D eigenvalue weighted by molar-refractivity contribution is 5.76. The van der Waals surface area contributed by atoms with Gasteiger partial charge in [0.05, 0.1) is 22.8 Å². The van der Waals surface area contributed by atoms with E-state index in [0.29, 0.717) is 26.3 Å². The SMILES string of the molecule is Cc1ccc(-c2ccc(COc3ccc(CCN=C(N)N)cc3)cn2)nc1.Cc1ccc(-c2ccc(COc3ccc(CCN=C(N)N)cc3)cn2)nc1.O=C(O)C(F)(F)F. The number of aliphatic imine (C=N–C) groups is 2. The molecule has 4 aromatic heterocycles. The molecule has 9 N–H and O–H groups in total. The minimum absolute atomic E-state index is 0.118. The average Bonchev–Trinajstić information content (AvgIpc) is 3.24. The molecule has 4 heterocycles. The lowest BCUT2D eigenvalue weighted by molar-refractivity contribution is -0.192. The topological polar surface area (TPSA) is 236 Å². The quantitative estimate of drug-likeness (QED) is 0.0598. The van der Waals surface area contributed by atoms with E-state index in [1.165, 1.54) is 0 Å². The maximum absolute atomic E-state index is 10.6. The van der Waals surface area contributed by atoms with Crippen LogP contribution in [0.5, 0.6) is 11.5 Å². The molecule has 2 aromatic carbocycles. The molecule has 61 heavy (non-hydrogen) atoms. The standard InChI is InChI=1S/2C21H23N5O.C2HF3O2/c2*1-15-2-8-19(25-12-15)20-9-5-17(13-26-20)14-27-18-6-3-16(4-7-18)10-11-24-21(22)23;3-2(4,5)1(6)7/h2*2-9,12-13H,10-11,14H2,1H3,(H4,22,23,24);(H,6,7). The number of aryl methyl sites for hydroxylation is 2. The number of alkyl halides is 3. The molecule has 0 saturated heterocycles. The van der Waals surface area contributed by atoms with Gasteiger partial charge < -0.3 is 37.5 Å². The van der Waals surface area contributed by atoms with Gasteiger partial charge in [-0.05, 0) is 97.5 Å². The molecule has 0 unspecified atom stereocenters. The van der Waals surface area contributed by atoms with Crippen LogP contribution < -0.4 is 32.4 Å². The van der Waals surface area contributed by atoms with Gasteiger partial charge in [-0.25, -0.2) is 4.79 Å². The van der Waals surface area contributed by atoms with E-state index in [2.05, 4.69) is 29.9 Å². The Morgan fingerprint density at radius 1 is 0.541 bits per heavy atom. The second kappa shape index (κ2) is 23.1. The fraction of sp³-hybridized carbons (Fsp3) is 0.205. The number of hydrogen-bond donors (Lipinski definition) is 5. The molecule has 14 nitrogen and oxygen atoms in total. The van der Waals surface area contributed by atoms with Crippen molar-refractivity contribution >= 4 is 17.9 Å². The van der Waals surface area contributed by atoms with E-state index in [1.54, 1.807) is 0 Å². The summed E-state index contributed by atoms with van der Waals surface area (Å²) >= 11 is 0. The van der Waals surface area contributed by atoms with Gasteiger partial charge in [0.15, 0.2) is 11.9 Å². The maximum atomic E-state index is 10.6. The van der Waals surface area contributed by atoms with Crippen LogP contribution in [0.15, 0.2) is 132 Å². The van der Waals surface area contributed by atoms with Gasteiger partial charge in [-0.2, -0.15) is 13.2 Å². The van der Waals surface area contributed by atoms with Crippen molar-refractivity contribution in [3.8, 4) is 34.3 Å². The third-order valence-electron chi connectivity index (χ3n) is 8.29. The van der Waals surface area contributed by atoms with Crippen molar-refractivity contribution in [2.24, 2.45) is 32.9 Å². The largest absolute Gasteiger partial charge is 0.490 e. The Bertz CT molecular complexity index is 2140. The number of guanidine groups is 2. The van der Waals surface area contributed by atoms with Crippen molar-refractivity contribution in [1.82, 2.24) is 19.9 Å². The van der Waals surface area contributed by atoms with Crippen LogP contribution in [0.3, 0.4) is 0 Å². The number of carboxylic acid groups (broad SMARTS) is 1. The number of halogens is 3. The molecule has 0 amide bonds. The number of hydrogen-bond acceptors (Lipinski definition) is 9. The van der Waals surface area contributed by atoms with Crippen LogP contribution in [-0.2, 0) is 30.8 Å². The van der Waals surface area contributed by atoms with Crippen molar-refractivity contribution in [3.05, 3.63) is 155 Å². The maximum Gasteiger partial charge on any atom is 0.490 e. The predicted octanol–water partition coefficient (Wildman–Crippen LogP) is 6.33. The number of aliphatic carboxylic acids is 1. The average molecular weight is 837 g/mol. The predicted molar refractivity (Wildman–Crippen MR) is 228 cm³/mol. The van der Waals surface area contributed by atoms with Gasteiger partial charge in [-0.1, -0.05) is 48.5 Å². The number of rotatable bonds is 14. The third kappa shape index (κ3) is 17.1. The third-order valence-corrected chi connectivity index (χ3v) is 8.29. The molecule has 6 aromatic rings. The summed E-state index contributed by atoms with van der Waals surface area (Å²) in [5.74, 6) is -0.900. The van der Waals surface area contributed by atoms with E-state index >= 15 is 0 Å². The Balaban J connectivity index is 0.000000233. The molecule has 6 rings (SSSR count). The molecule has 0 spiro atoms. The van der Waals surface area contributed by atoms with E-state index in [9.17, 15) is 13.2 Å². The first-order chi connectivity index (χ1) is 29.1. The number of nitrogens with two attached hydrogens (primary N) is 4. The lowest BCUT2D eigenvalue weighted by Crippen LogP contribution is -2.23. The molecule has 0 saturated carbocycles. The van der Waals surface area contributed by atoms with Crippen LogP contribution in [0.25, 0.3) is 22.8 Å². The fourth-order valence-corrected chi connectivity index (χ4v) is 5.03.